The molecule has 0 fully saturated rings. The van der Waals surface area contributed by atoms with Crippen LogP contribution in [0, 0.1) is 0 Å². The number of hydrogen-bond donors (Lipinski definition) is 2. The third-order valence-electron chi connectivity index (χ3n) is 3.60. The number of furan rings is 1. The Morgan fingerprint density at radius 2 is 1.86 bits per heavy atom. The second-order valence-electron chi connectivity index (χ2n) is 5.57. The Kier molecular flexibility index (Phi) is 6.68. The summed E-state index contributed by atoms with van der Waals surface area (Å²) in [7, 11) is 0. The Hall–Kier alpha value is -2.68. The van der Waals surface area contributed by atoms with Crippen molar-refractivity contribution < 1.29 is 22.7 Å². The molecular formula is C19H12Cl2F2N2O3S. The quantitative estimate of drug-likeness (QED) is 0.462. The van der Waals surface area contributed by atoms with E-state index >= 15 is 0 Å². The maximum atomic E-state index is 12.5. The maximum absolute atomic E-state index is 12.5. The van der Waals surface area contributed by atoms with Gasteiger partial charge in [-0.25, -0.2) is 0 Å². The molecule has 0 saturated carbocycles. The van der Waals surface area contributed by atoms with Crippen molar-refractivity contribution in [3.63, 3.8) is 0 Å². The van der Waals surface area contributed by atoms with Gasteiger partial charge in [0.25, 0.3) is 5.91 Å². The number of carbonyl (C=O) groups is 1. The zero-order valence-electron chi connectivity index (χ0n) is 14.4. The number of carbonyl (C=O) groups excluding carboxylic acids is 1. The molecule has 3 aromatic rings. The van der Waals surface area contributed by atoms with Crippen LogP contribution in [0.1, 0.15) is 10.6 Å². The van der Waals surface area contributed by atoms with E-state index in [4.69, 9.17) is 39.8 Å². The number of hydrogen-bond acceptors (Lipinski definition) is 4. The lowest BCUT2D eigenvalue weighted by Crippen LogP contribution is -2.34. The lowest BCUT2D eigenvalue weighted by atomic mass is 10.2. The third-order valence-corrected chi connectivity index (χ3v) is 4.36. The normalized spacial score (nSPS) is 10.7. The number of rotatable bonds is 5. The van der Waals surface area contributed by atoms with Gasteiger partial charge in [-0.1, -0.05) is 35.3 Å². The Morgan fingerprint density at radius 1 is 1.10 bits per heavy atom. The van der Waals surface area contributed by atoms with E-state index in [2.05, 4.69) is 15.4 Å². The highest BCUT2D eigenvalue weighted by Crippen LogP contribution is 2.31. The lowest BCUT2D eigenvalue weighted by Gasteiger charge is -2.13. The van der Waals surface area contributed by atoms with Crippen LogP contribution < -0.4 is 15.4 Å². The molecular weight excluding hydrogens is 445 g/mol. The van der Waals surface area contributed by atoms with Crippen molar-refractivity contribution in [1.82, 2.24) is 5.32 Å². The monoisotopic (exact) mass is 456 g/mol. The Morgan fingerprint density at radius 3 is 2.59 bits per heavy atom. The summed E-state index contributed by atoms with van der Waals surface area (Å²) in [5.41, 5.74) is 0.736. The van der Waals surface area contributed by atoms with E-state index in [-0.39, 0.29) is 22.3 Å². The van der Waals surface area contributed by atoms with Crippen LogP contribution in [0.2, 0.25) is 10.0 Å². The molecule has 1 amide bonds. The SMILES string of the molecule is O=C(NC(=S)Nc1ccccc1OC(F)F)c1ccc(-c2ccc(Cl)cc2Cl)o1. The van der Waals surface area contributed by atoms with Crippen LogP contribution in [-0.4, -0.2) is 17.6 Å². The summed E-state index contributed by atoms with van der Waals surface area (Å²) in [4.78, 5) is 12.4. The van der Waals surface area contributed by atoms with Crippen LogP contribution in [0.15, 0.2) is 59.0 Å². The first kappa shape index (κ1) is 21.0. The summed E-state index contributed by atoms with van der Waals surface area (Å²) in [6.45, 7) is -3.00. The number of thiocarbonyl (C=S) groups is 1. The molecule has 5 nitrogen and oxygen atoms in total. The molecule has 0 spiro atoms. The summed E-state index contributed by atoms with van der Waals surface area (Å²) in [6.07, 6.45) is 0. The molecule has 1 heterocycles. The van der Waals surface area contributed by atoms with Crippen molar-refractivity contribution in [3.05, 3.63) is 70.4 Å². The predicted octanol–water partition coefficient (Wildman–Crippen LogP) is 5.98. The molecule has 0 aliphatic rings. The molecule has 0 aliphatic carbocycles. The molecule has 10 heteroatoms. The number of benzene rings is 2. The van der Waals surface area contributed by atoms with Crippen LogP contribution in [-0.2, 0) is 0 Å². The standard InChI is InChI=1S/C19H12Cl2F2N2O3S/c20-10-5-6-11(12(21)9-10)14-7-8-16(27-14)17(26)25-19(29)24-13-3-1-2-4-15(13)28-18(22)23/h1-9,18H,(H2,24,25,26,29). The first-order valence-corrected chi connectivity index (χ1v) is 9.21. The van der Waals surface area contributed by atoms with E-state index in [9.17, 15) is 13.6 Å². The van der Waals surface area contributed by atoms with Crippen LogP contribution in [0.3, 0.4) is 0 Å². The highest BCUT2D eigenvalue weighted by atomic mass is 35.5. The summed E-state index contributed by atoms with van der Waals surface area (Å²) in [6, 6.07) is 13.8. The molecule has 0 radical (unpaired) electrons. The molecule has 0 saturated heterocycles. The smallest absolute Gasteiger partial charge is 0.387 e. The predicted molar refractivity (Wildman–Crippen MR) is 111 cm³/mol. The zero-order chi connectivity index (χ0) is 21.0. The number of halogens is 4. The lowest BCUT2D eigenvalue weighted by molar-refractivity contribution is -0.0493. The van der Waals surface area contributed by atoms with Crippen molar-refractivity contribution in [3.8, 4) is 17.1 Å². The van der Waals surface area contributed by atoms with Gasteiger partial charge in [0.05, 0.1) is 10.7 Å². The molecule has 29 heavy (non-hydrogen) atoms. The van der Waals surface area contributed by atoms with E-state index in [0.717, 1.165) is 0 Å². The van der Waals surface area contributed by atoms with Crippen molar-refractivity contribution in [2.45, 2.75) is 6.61 Å². The molecule has 150 valence electrons. The van der Waals surface area contributed by atoms with Gasteiger partial charge in [0, 0.05) is 10.6 Å². The minimum absolute atomic E-state index is 0.0210. The first-order valence-electron chi connectivity index (χ1n) is 8.05. The minimum atomic E-state index is -3.00. The van der Waals surface area contributed by atoms with Gasteiger partial charge >= 0.3 is 6.61 Å². The molecule has 0 bridgehead atoms. The van der Waals surface area contributed by atoms with E-state index in [1.165, 1.54) is 24.3 Å². The van der Waals surface area contributed by atoms with Gasteiger partial charge < -0.3 is 14.5 Å². The number of nitrogens with one attached hydrogen (secondary N) is 2. The average Bonchev–Trinajstić information content (AvgIpc) is 3.13. The average molecular weight is 457 g/mol. The fourth-order valence-electron chi connectivity index (χ4n) is 2.38. The fraction of sp³-hybridized carbons (Fsp3) is 0.0526. The van der Waals surface area contributed by atoms with E-state index in [1.807, 2.05) is 0 Å². The van der Waals surface area contributed by atoms with Crippen LogP contribution in [0.5, 0.6) is 5.75 Å². The highest BCUT2D eigenvalue weighted by molar-refractivity contribution is 7.80. The molecule has 3 rings (SSSR count). The van der Waals surface area contributed by atoms with Gasteiger partial charge in [0.1, 0.15) is 11.5 Å². The number of ether oxygens (including phenoxy) is 1. The topological polar surface area (TPSA) is 63.5 Å². The van der Waals surface area contributed by atoms with Crippen molar-refractivity contribution >= 4 is 52.1 Å². The van der Waals surface area contributed by atoms with E-state index in [0.29, 0.717) is 21.4 Å². The number of alkyl halides is 2. The largest absolute Gasteiger partial charge is 0.451 e. The molecule has 1 aromatic heterocycles. The van der Waals surface area contributed by atoms with Crippen molar-refractivity contribution in [2.75, 3.05) is 5.32 Å². The van der Waals surface area contributed by atoms with Crippen LogP contribution >= 0.6 is 35.4 Å². The van der Waals surface area contributed by atoms with E-state index < -0.39 is 12.5 Å². The van der Waals surface area contributed by atoms with Gasteiger partial charge in [0.2, 0.25) is 0 Å². The summed E-state index contributed by atoms with van der Waals surface area (Å²) >= 11 is 17.1. The number of para-hydroxylation sites is 2. The summed E-state index contributed by atoms with van der Waals surface area (Å²) in [5, 5.41) is 5.75. The molecule has 0 atom stereocenters. The van der Waals surface area contributed by atoms with Gasteiger partial charge in [-0.15, -0.1) is 0 Å². The van der Waals surface area contributed by atoms with E-state index in [1.54, 1.807) is 30.3 Å². The number of amides is 1. The van der Waals surface area contributed by atoms with Crippen LogP contribution in [0.4, 0.5) is 14.5 Å². The van der Waals surface area contributed by atoms with Gasteiger partial charge in [-0.05, 0) is 54.7 Å². The van der Waals surface area contributed by atoms with Gasteiger partial charge in [-0.3, -0.25) is 10.1 Å². The van der Waals surface area contributed by atoms with Crippen molar-refractivity contribution in [1.29, 1.82) is 0 Å². The van der Waals surface area contributed by atoms with Crippen molar-refractivity contribution in [2.24, 2.45) is 0 Å². The highest BCUT2D eigenvalue weighted by Gasteiger charge is 2.16. The molecule has 0 unspecified atom stereocenters. The van der Waals surface area contributed by atoms with Crippen LogP contribution in [0.25, 0.3) is 11.3 Å². The minimum Gasteiger partial charge on any atom is -0.451 e. The third kappa shape index (κ3) is 5.44. The Balaban J connectivity index is 1.68. The zero-order valence-corrected chi connectivity index (χ0v) is 16.7. The second-order valence-corrected chi connectivity index (χ2v) is 6.82. The summed E-state index contributed by atoms with van der Waals surface area (Å²) < 4.78 is 34.9. The number of anilines is 1. The van der Waals surface area contributed by atoms with Gasteiger partial charge in [-0.2, -0.15) is 8.78 Å². The van der Waals surface area contributed by atoms with Gasteiger partial charge in [0.15, 0.2) is 10.9 Å². The maximum Gasteiger partial charge on any atom is 0.387 e. The fourth-order valence-corrected chi connectivity index (χ4v) is 3.09. The first-order chi connectivity index (χ1) is 13.8. The summed E-state index contributed by atoms with van der Waals surface area (Å²) in [5.74, 6) is -0.401. The molecule has 2 aromatic carbocycles. The Labute approximate surface area is 179 Å². The Bertz CT molecular complexity index is 1060. The molecule has 2 N–H and O–H groups in total. The second kappa shape index (κ2) is 9.21. The molecule has 0 aliphatic heterocycles.